The SMILES string of the molecule is CCCCc1ccc(N(C)CC(=O)N2CCN(c3ccccn3)C[C@H]2C)cc1. The molecular formula is C23H32N4O. The molecule has 0 radical (unpaired) electrons. The largest absolute Gasteiger partial charge is 0.365 e. The Balaban J connectivity index is 1.54. The van der Waals surface area contributed by atoms with Crippen LogP contribution in [0.15, 0.2) is 48.7 Å². The number of rotatable bonds is 7. The number of aromatic nitrogens is 1. The number of anilines is 2. The van der Waals surface area contributed by atoms with E-state index in [2.05, 4.69) is 48.0 Å². The second-order valence-corrected chi connectivity index (χ2v) is 7.70. The third kappa shape index (κ3) is 5.03. The van der Waals surface area contributed by atoms with Crippen molar-refractivity contribution in [1.29, 1.82) is 0 Å². The number of piperazine rings is 1. The Morgan fingerprint density at radius 2 is 1.96 bits per heavy atom. The van der Waals surface area contributed by atoms with Crippen molar-refractivity contribution in [2.75, 3.05) is 43.0 Å². The number of pyridine rings is 1. The second-order valence-electron chi connectivity index (χ2n) is 7.70. The number of carbonyl (C=O) groups is 1. The zero-order valence-electron chi connectivity index (χ0n) is 17.3. The molecule has 5 heteroatoms. The van der Waals surface area contributed by atoms with Gasteiger partial charge >= 0.3 is 0 Å². The predicted molar refractivity (Wildman–Crippen MR) is 116 cm³/mol. The molecule has 0 saturated carbocycles. The van der Waals surface area contributed by atoms with E-state index >= 15 is 0 Å². The van der Waals surface area contributed by atoms with Crippen LogP contribution < -0.4 is 9.80 Å². The summed E-state index contributed by atoms with van der Waals surface area (Å²) in [4.78, 5) is 23.6. The summed E-state index contributed by atoms with van der Waals surface area (Å²) in [6.07, 6.45) is 5.37. The molecule has 1 amide bonds. The number of likely N-dealkylation sites (N-methyl/N-ethyl adjacent to an activating group) is 1. The molecule has 0 N–H and O–H groups in total. The predicted octanol–water partition coefficient (Wildman–Crippen LogP) is 3.60. The number of hydrogen-bond acceptors (Lipinski definition) is 4. The minimum absolute atomic E-state index is 0.174. The van der Waals surface area contributed by atoms with Gasteiger partial charge in [0.1, 0.15) is 5.82 Å². The molecule has 28 heavy (non-hydrogen) atoms. The molecule has 1 atom stereocenters. The Bertz CT molecular complexity index is 747. The molecule has 1 saturated heterocycles. The van der Waals surface area contributed by atoms with E-state index in [1.165, 1.54) is 18.4 Å². The molecule has 2 aromatic rings. The van der Waals surface area contributed by atoms with Gasteiger partial charge in [-0.2, -0.15) is 0 Å². The molecule has 2 heterocycles. The van der Waals surface area contributed by atoms with E-state index in [0.29, 0.717) is 6.54 Å². The van der Waals surface area contributed by atoms with Gasteiger partial charge in [0.05, 0.1) is 6.54 Å². The van der Waals surface area contributed by atoms with Crippen molar-refractivity contribution in [2.24, 2.45) is 0 Å². The highest BCUT2D eigenvalue weighted by Crippen LogP contribution is 2.19. The summed E-state index contributed by atoms with van der Waals surface area (Å²) in [5, 5.41) is 0. The first-order valence-electron chi connectivity index (χ1n) is 10.3. The van der Waals surface area contributed by atoms with Crippen LogP contribution in [-0.2, 0) is 11.2 Å². The van der Waals surface area contributed by atoms with E-state index in [1.807, 2.05) is 41.2 Å². The lowest BCUT2D eigenvalue weighted by atomic mass is 10.1. The molecule has 1 aliphatic heterocycles. The number of benzene rings is 1. The Kier molecular flexibility index (Phi) is 6.90. The minimum atomic E-state index is 0.174. The lowest BCUT2D eigenvalue weighted by Gasteiger charge is -2.41. The number of hydrogen-bond donors (Lipinski definition) is 0. The Morgan fingerprint density at radius 1 is 1.18 bits per heavy atom. The highest BCUT2D eigenvalue weighted by Gasteiger charge is 2.28. The summed E-state index contributed by atoms with van der Waals surface area (Å²) >= 11 is 0. The van der Waals surface area contributed by atoms with Crippen molar-refractivity contribution in [2.45, 2.75) is 39.2 Å². The second kappa shape index (κ2) is 9.58. The van der Waals surface area contributed by atoms with Crippen molar-refractivity contribution in [3.05, 3.63) is 54.2 Å². The summed E-state index contributed by atoms with van der Waals surface area (Å²) in [5.74, 6) is 1.17. The van der Waals surface area contributed by atoms with Crippen LogP contribution in [0.25, 0.3) is 0 Å². The van der Waals surface area contributed by atoms with Gasteiger partial charge in [0.2, 0.25) is 5.91 Å². The van der Waals surface area contributed by atoms with Gasteiger partial charge in [-0.25, -0.2) is 4.98 Å². The van der Waals surface area contributed by atoms with Crippen LogP contribution in [0.3, 0.4) is 0 Å². The Hall–Kier alpha value is -2.56. The van der Waals surface area contributed by atoms with E-state index in [9.17, 15) is 4.79 Å². The molecule has 0 bridgehead atoms. The highest BCUT2D eigenvalue weighted by atomic mass is 16.2. The lowest BCUT2D eigenvalue weighted by Crippen LogP contribution is -2.56. The quantitative estimate of drug-likeness (QED) is 0.736. The summed E-state index contributed by atoms with van der Waals surface area (Å²) in [7, 11) is 1.99. The van der Waals surface area contributed by atoms with Crippen molar-refractivity contribution in [1.82, 2.24) is 9.88 Å². The molecule has 0 spiro atoms. The molecular weight excluding hydrogens is 348 g/mol. The molecule has 1 aromatic carbocycles. The van der Waals surface area contributed by atoms with Gasteiger partial charge in [-0.05, 0) is 49.6 Å². The normalized spacial score (nSPS) is 16.9. The van der Waals surface area contributed by atoms with E-state index in [0.717, 1.165) is 37.6 Å². The number of amides is 1. The maximum absolute atomic E-state index is 12.9. The topological polar surface area (TPSA) is 39.7 Å². The molecule has 1 aliphatic rings. The van der Waals surface area contributed by atoms with E-state index in [1.54, 1.807) is 0 Å². The highest BCUT2D eigenvalue weighted by molar-refractivity contribution is 5.82. The number of unbranched alkanes of at least 4 members (excludes halogenated alkanes) is 1. The summed E-state index contributed by atoms with van der Waals surface area (Å²) in [6, 6.07) is 14.8. The van der Waals surface area contributed by atoms with Gasteiger partial charge in [-0.3, -0.25) is 4.79 Å². The van der Waals surface area contributed by atoms with Gasteiger partial charge in [0.15, 0.2) is 0 Å². The van der Waals surface area contributed by atoms with Crippen LogP contribution in [0.5, 0.6) is 0 Å². The van der Waals surface area contributed by atoms with Gasteiger partial charge in [-0.1, -0.05) is 31.5 Å². The summed E-state index contributed by atoms with van der Waals surface area (Å²) in [6.45, 7) is 7.12. The number of carbonyl (C=O) groups excluding carboxylic acids is 1. The third-order valence-corrected chi connectivity index (χ3v) is 5.49. The monoisotopic (exact) mass is 380 g/mol. The van der Waals surface area contributed by atoms with Gasteiger partial charge in [-0.15, -0.1) is 0 Å². The van der Waals surface area contributed by atoms with Gasteiger partial charge in [0.25, 0.3) is 0 Å². The fraction of sp³-hybridized carbons (Fsp3) is 0.478. The van der Waals surface area contributed by atoms with Crippen LogP contribution in [-0.4, -0.2) is 55.1 Å². The fourth-order valence-electron chi connectivity index (χ4n) is 3.76. The molecule has 5 nitrogen and oxygen atoms in total. The maximum Gasteiger partial charge on any atom is 0.242 e. The van der Waals surface area contributed by atoms with E-state index in [4.69, 9.17) is 0 Å². The molecule has 1 aromatic heterocycles. The van der Waals surface area contributed by atoms with Crippen molar-refractivity contribution in [3.8, 4) is 0 Å². The van der Waals surface area contributed by atoms with E-state index < -0.39 is 0 Å². The smallest absolute Gasteiger partial charge is 0.242 e. The Labute approximate surface area is 169 Å². The molecule has 0 aliphatic carbocycles. The van der Waals surface area contributed by atoms with E-state index in [-0.39, 0.29) is 11.9 Å². The standard InChI is InChI=1S/C23H32N4O/c1-4-5-8-20-10-12-21(13-11-20)25(3)18-23(28)27-16-15-26(17-19(27)2)22-9-6-7-14-24-22/h6-7,9-14,19H,4-5,8,15-18H2,1-3H3/t19-/m1/s1. The van der Waals surface area contributed by atoms with Crippen LogP contribution >= 0.6 is 0 Å². The molecule has 150 valence electrons. The number of aryl methyl sites for hydroxylation is 1. The maximum atomic E-state index is 12.9. The van der Waals surface area contributed by atoms with Crippen molar-refractivity contribution in [3.63, 3.8) is 0 Å². The third-order valence-electron chi connectivity index (χ3n) is 5.49. The zero-order chi connectivity index (χ0) is 19.9. The average Bonchev–Trinajstić information content (AvgIpc) is 2.73. The van der Waals surface area contributed by atoms with Crippen molar-refractivity contribution < 1.29 is 4.79 Å². The number of nitrogens with zero attached hydrogens (tertiary/aromatic N) is 4. The summed E-state index contributed by atoms with van der Waals surface area (Å²) in [5.41, 5.74) is 2.46. The van der Waals surface area contributed by atoms with Crippen LogP contribution in [0.4, 0.5) is 11.5 Å². The van der Waals surface area contributed by atoms with Gasteiger partial charge in [0, 0.05) is 44.6 Å². The zero-order valence-corrected chi connectivity index (χ0v) is 17.3. The first kappa shape index (κ1) is 20.2. The lowest BCUT2D eigenvalue weighted by molar-refractivity contribution is -0.132. The molecule has 3 rings (SSSR count). The average molecular weight is 381 g/mol. The Morgan fingerprint density at radius 3 is 2.61 bits per heavy atom. The van der Waals surface area contributed by atoms with Crippen LogP contribution in [0.1, 0.15) is 32.3 Å². The van der Waals surface area contributed by atoms with Gasteiger partial charge < -0.3 is 14.7 Å². The fourth-order valence-corrected chi connectivity index (χ4v) is 3.76. The summed E-state index contributed by atoms with van der Waals surface area (Å²) < 4.78 is 0. The first-order chi connectivity index (χ1) is 13.6. The van der Waals surface area contributed by atoms with Crippen LogP contribution in [0.2, 0.25) is 0 Å². The van der Waals surface area contributed by atoms with Crippen molar-refractivity contribution >= 4 is 17.4 Å². The molecule has 1 fully saturated rings. The minimum Gasteiger partial charge on any atom is -0.365 e. The van der Waals surface area contributed by atoms with Crippen LogP contribution in [0, 0.1) is 0 Å². The first-order valence-corrected chi connectivity index (χ1v) is 10.3. The molecule has 0 unspecified atom stereocenters.